The molecule has 2 atom stereocenters. The fourth-order valence-corrected chi connectivity index (χ4v) is 2.11. The standard InChI is InChI=1S/C12H24N2O/c1-4-12(3,13)11(15)14-9(2)10-7-5-6-8-10/h9-10H,4-8,13H2,1-3H3,(H,14,15). The zero-order valence-electron chi connectivity index (χ0n) is 10.2. The van der Waals surface area contributed by atoms with Crippen LogP contribution in [-0.4, -0.2) is 17.5 Å². The average Bonchev–Trinajstić information content (AvgIpc) is 2.70. The summed E-state index contributed by atoms with van der Waals surface area (Å²) in [7, 11) is 0. The minimum Gasteiger partial charge on any atom is -0.352 e. The SMILES string of the molecule is CCC(C)(N)C(=O)NC(C)C1CCCC1. The van der Waals surface area contributed by atoms with E-state index < -0.39 is 5.54 Å². The van der Waals surface area contributed by atoms with E-state index in [9.17, 15) is 4.79 Å². The molecule has 0 aromatic carbocycles. The van der Waals surface area contributed by atoms with E-state index in [1.165, 1.54) is 25.7 Å². The summed E-state index contributed by atoms with van der Waals surface area (Å²) in [6.45, 7) is 5.84. The normalized spacial score (nSPS) is 23.5. The van der Waals surface area contributed by atoms with Gasteiger partial charge in [-0.2, -0.15) is 0 Å². The van der Waals surface area contributed by atoms with Gasteiger partial charge in [0.1, 0.15) is 0 Å². The van der Waals surface area contributed by atoms with E-state index in [0.717, 1.165) is 0 Å². The Kier molecular flexibility index (Phi) is 4.14. The molecule has 0 aliphatic heterocycles. The molecule has 0 aromatic heterocycles. The van der Waals surface area contributed by atoms with Gasteiger partial charge in [-0.1, -0.05) is 19.8 Å². The summed E-state index contributed by atoms with van der Waals surface area (Å²) in [5.74, 6) is 0.644. The lowest BCUT2D eigenvalue weighted by atomic mass is 9.95. The lowest BCUT2D eigenvalue weighted by molar-refractivity contribution is -0.126. The van der Waals surface area contributed by atoms with Gasteiger partial charge in [-0.05, 0) is 39.0 Å². The van der Waals surface area contributed by atoms with Gasteiger partial charge in [-0.15, -0.1) is 0 Å². The van der Waals surface area contributed by atoms with Crippen LogP contribution < -0.4 is 11.1 Å². The average molecular weight is 212 g/mol. The van der Waals surface area contributed by atoms with Gasteiger partial charge in [-0.3, -0.25) is 4.79 Å². The molecule has 0 saturated heterocycles. The van der Waals surface area contributed by atoms with Gasteiger partial charge in [0, 0.05) is 6.04 Å². The van der Waals surface area contributed by atoms with Crippen molar-refractivity contribution in [1.29, 1.82) is 0 Å². The smallest absolute Gasteiger partial charge is 0.239 e. The second kappa shape index (κ2) is 4.97. The summed E-state index contributed by atoms with van der Waals surface area (Å²) in [6, 6.07) is 0.273. The molecule has 1 aliphatic rings. The molecule has 15 heavy (non-hydrogen) atoms. The van der Waals surface area contributed by atoms with Crippen molar-refractivity contribution in [2.24, 2.45) is 11.7 Å². The van der Waals surface area contributed by atoms with E-state index in [4.69, 9.17) is 5.73 Å². The van der Waals surface area contributed by atoms with Crippen LogP contribution in [0.5, 0.6) is 0 Å². The highest BCUT2D eigenvalue weighted by atomic mass is 16.2. The Morgan fingerprint density at radius 1 is 1.53 bits per heavy atom. The topological polar surface area (TPSA) is 55.1 Å². The van der Waals surface area contributed by atoms with Crippen molar-refractivity contribution in [2.45, 2.75) is 64.5 Å². The number of hydrogen-bond donors (Lipinski definition) is 2. The summed E-state index contributed by atoms with van der Waals surface area (Å²) in [4.78, 5) is 11.8. The van der Waals surface area contributed by atoms with E-state index >= 15 is 0 Å². The van der Waals surface area contributed by atoms with E-state index in [2.05, 4.69) is 12.2 Å². The fourth-order valence-electron chi connectivity index (χ4n) is 2.11. The van der Waals surface area contributed by atoms with Gasteiger partial charge in [-0.25, -0.2) is 0 Å². The predicted molar refractivity (Wildman–Crippen MR) is 62.4 cm³/mol. The van der Waals surface area contributed by atoms with Crippen molar-refractivity contribution in [3.63, 3.8) is 0 Å². The fraction of sp³-hybridized carbons (Fsp3) is 0.917. The molecule has 88 valence electrons. The zero-order chi connectivity index (χ0) is 11.5. The van der Waals surface area contributed by atoms with Crippen molar-refractivity contribution >= 4 is 5.91 Å². The molecule has 0 heterocycles. The monoisotopic (exact) mass is 212 g/mol. The third-order valence-electron chi connectivity index (χ3n) is 3.72. The number of nitrogens with two attached hydrogens (primary N) is 1. The molecule has 0 spiro atoms. The van der Waals surface area contributed by atoms with Gasteiger partial charge in [0.05, 0.1) is 5.54 Å². The Morgan fingerprint density at radius 3 is 2.53 bits per heavy atom. The van der Waals surface area contributed by atoms with Crippen LogP contribution in [0.4, 0.5) is 0 Å². The first-order valence-electron chi connectivity index (χ1n) is 6.07. The largest absolute Gasteiger partial charge is 0.352 e. The molecule has 1 saturated carbocycles. The van der Waals surface area contributed by atoms with E-state index in [0.29, 0.717) is 12.3 Å². The summed E-state index contributed by atoms with van der Waals surface area (Å²) in [5, 5.41) is 3.05. The highest BCUT2D eigenvalue weighted by molar-refractivity contribution is 5.85. The predicted octanol–water partition coefficient (Wildman–Crippen LogP) is 1.81. The van der Waals surface area contributed by atoms with Gasteiger partial charge >= 0.3 is 0 Å². The Balaban J connectivity index is 2.43. The maximum atomic E-state index is 11.8. The van der Waals surface area contributed by atoms with E-state index in [-0.39, 0.29) is 11.9 Å². The van der Waals surface area contributed by atoms with Crippen LogP contribution in [0.2, 0.25) is 0 Å². The molecule has 1 amide bonds. The van der Waals surface area contributed by atoms with Crippen molar-refractivity contribution in [2.75, 3.05) is 0 Å². The van der Waals surface area contributed by atoms with Crippen LogP contribution in [0.25, 0.3) is 0 Å². The lowest BCUT2D eigenvalue weighted by Gasteiger charge is -2.27. The molecule has 0 radical (unpaired) electrons. The maximum absolute atomic E-state index is 11.8. The van der Waals surface area contributed by atoms with E-state index in [1.807, 2.05) is 6.92 Å². The number of nitrogens with one attached hydrogen (secondary N) is 1. The van der Waals surface area contributed by atoms with Crippen LogP contribution >= 0.6 is 0 Å². The third kappa shape index (κ3) is 3.20. The zero-order valence-corrected chi connectivity index (χ0v) is 10.2. The summed E-state index contributed by atoms with van der Waals surface area (Å²) < 4.78 is 0. The third-order valence-corrected chi connectivity index (χ3v) is 3.72. The second-order valence-electron chi connectivity index (χ2n) is 5.08. The first-order valence-corrected chi connectivity index (χ1v) is 6.07. The van der Waals surface area contributed by atoms with Gasteiger partial charge < -0.3 is 11.1 Å². The molecular formula is C12H24N2O. The van der Waals surface area contributed by atoms with Crippen LogP contribution in [0.15, 0.2) is 0 Å². The summed E-state index contributed by atoms with van der Waals surface area (Å²) in [5.41, 5.74) is 5.18. The van der Waals surface area contributed by atoms with Crippen molar-refractivity contribution in [3.8, 4) is 0 Å². The van der Waals surface area contributed by atoms with E-state index in [1.54, 1.807) is 6.92 Å². The minimum atomic E-state index is -0.715. The molecule has 1 rings (SSSR count). The quantitative estimate of drug-likeness (QED) is 0.746. The molecule has 1 aliphatic carbocycles. The van der Waals surface area contributed by atoms with Crippen molar-refractivity contribution in [1.82, 2.24) is 5.32 Å². The first-order chi connectivity index (χ1) is 6.97. The van der Waals surface area contributed by atoms with Crippen LogP contribution in [0.1, 0.15) is 52.9 Å². The molecular weight excluding hydrogens is 188 g/mol. The van der Waals surface area contributed by atoms with Crippen molar-refractivity contribution in [3.05, 3.63) is 0 Å². The number of hydrogen-bond acceptors (Lipinski definition) is 2. The van der Waals surface area contributed by atoms with Gasteiger partial charge in [0.25, 0.3) is 0 Å². The van der Waals surface area contributed by atoms with Gasteiger partial charge in [0.15, 0.2) is 0 Å². The summed E-state index contributed by atoms with van der Waals surface area (Å²) in [6.07, 6.45) is 5.77. The lowest BCUT2D eigenvalue weighted by Crippen LogP contribution is -2.54. The number of rotatable bonds is 4. The van der Waals surface area contributed by atoms with Crippen LogP contribution in [0.3, 0.4) is 0 Å². The Morgan fingerprint density at radius 2 is 2.07 bits per heavy atom. The van der Waals surface area contributed by atoms with Crippen LogP contribution in [0, 0.1) is 5.92 Å². The molecule has 3 heteroatoms. The maximum Gasteiger partial charge on any atom is 0.239 e. The minimum absolute atomic E-state index is 0.00981. The molecule has 3 nitrogen and oxygen atoms in total. The number of carbonyl (C=O) groups excluding carboxylic acids is 1. The molecule has 1 fully saturated rings. The van der Waals surface area contributed by atoms with Gasteiger partial charge in [0.2, 0.25) is 5.91 Å². The Bertz CT molecular complexity index is 220. The number of amides is 1. The first kappa shape index (κ1) is 12.5. The van der Waals surface area contributed by atoms with Crippen LogP contribution in [-0.2, 0) is 4.79 Å². The Labute approximate surface area is 92.8 Å². The summed E-state index contributed by atoms with van der Waals surface area (Å²) >= 11 is 0. The highest BCUT2D eigenvalue weighted by Gasteiger charge is 2.29. The molecule has 0 aromatic rings. The molecule has 3 N–H and O–H groups in total. The number of carbonyl (C=O) groups is 1. The highest BCUT2D eigenvalue weighted by Crippen LogP contribution is 2.27. The second-order valence-corrected chi connectivity index (χ2v) is 5.08. The molecule has 2 unspecified atom stereocenters. The Hall–Kier alpha value is -0.570. The molecule has 0 bridgehead atoms. The van der Waals surface area contributed by atoms with Crippen molar-refractivity contribution < 1.29 is 4.79 Å².